The molecule has 0 bridgehead atoms. The maximum absolute atomic E-state index is 6.13. The number of hydrogen-bond acceptors (Lipinski definition) is 2. The molecular weight excluding hydrogens is 210 g/mol. The van der Waals surface area contributed by atoms with E-state index in [0.29, 0.717) is 6.10 Å². The van der Waals surface area contributed by atoms with Crippen LogP contribution in [-0.2, 0) is 6.42 Å². The second-order valence-corrected chi connectivity index (χ2v) is 5.17. The third-order valence-electron chi connectivity index (χ3n) is 3.36. The lowest BCUT2D eigenvalue weighted by molar-refractivity contribution is 0.153. The number of rotatable bonds is 4. The van der Waals surface area contributed by atoms with Gasteiger partial charge < -0.3 is 10.5 Å². The molecule has 0 spiro atoms. The van der Waals surface area contributed by atoms with Gasteiger partial charge in [-0.05, 0) is 50.7 Å². The second kappa shape index (κ2) is 6.06. The van der Waals surface area contributed by atoms with Crippen LogP contribution in [0.25, 0.3) is 0 Å². The molecule has 2 nitrogen and oxygen atoms in total. The average Bonchev–Trinajstić information content (AvgIpc) is 2.32. The first-order chi connectivity index (χ1) is 8.25. The van der Waals surface area contributed by atoms with Gasteiger partial charge in [-0.3, -0.25) is 0 Å². The van der Waals surface area contributed by atoms with Crippen molar-refractivity contribution >= 4 is 0 Å². The number of ether oxygens (including phenoxy) is 1. The van der Waals surface area contributed by atoms with Crippen molar-refractivity contribution in [2.45, 2.75) is 57.6 Å². The van der Waals surface area contributed by atoms with Gasteiger partial charge in [0.1, 0.15) is 5.75 Å². The van der Waals surface area contributed by atoms with Gasteiger partial charge in [0.2, 0.25) is 0 Å². The SMILES string of the molecule is CC(N)Cc1ccccc1OC1CCCCC1. The van der Waals surface area contributed by atoms with E-state index in [9.17, 15) is 0 Å². The lowest BCUT2D eigenvalue weighted by Gasteiger charge is -2.24. The summed E-state index contributed by atoms with van der Waals surface area (Å²) in [6.45, 7) is 2.04. The van der Waals surface area contributed by atoms with Crippen LogP contribution in [0.2, 0.25) is 0 Å². The van der Waals surface area contributed by atoms with E-state index in [2.05, 4.69) is 18.2 Å². The van der Waals surface area contributed by atoms with E-state index in [1.807, 2.05) is 13.0 Å². The van der Waals surface area contributed by atoms with Crippen LogP contribution in [0.15, 0.2) is 24.3 Å². The van der Waals surface area contributed by atoms with E-state index >= 15 is 0 Å². The molecule has 0 aromatic heterocycles. The summed E-state index contributed by atoms with van der Waals surface area (Å²) in [6, 6.07) is 8.49. The van der Waals surface area contributed by atoms with Crippen molar-refractivity contribution in [2.75, 3.05) is 0 Å². The molecule has 1 saturated carbocycles. The van der Waals surface area contributed by atoms with E-state index in [0.717, 1.165) is 12.2 Å². The summed E-state index contributed by atoms with van der Waals surface area (Å²) in [7, 11) is 0. The predicted octanol–water partition coefficient (Wildman–Crippen LogP) is 3.29. The summed E-state index contributed by atoms with van der Waals surface area (Å²) in [5, 5.41) is 0. The summed E-state index contributed by atoms with van der Waals surface area (Å²) in [4.78, 5) is 0. The fourth-order valence-corrected chi connectivity index (χ4v) is 2.50. The minimum Gasteiger partial charge on any atom is -0.490 e. The fraction of sp³-hybridized carbons (Fsp3) is 0.600. The van der Waals surface area contributed by atoms with E-state index in [1.54, 1.807) is 0 Å². The van der Waals surface area contributed by atoms with Crippen LogP contribution in [0, 0.1) is 0 Å². The highest BCUT2D eigenvalue weighted by Crippen LogP contribution is 2.26. The Morgan fingerprint density at radius 2 is 1.94 bits per heavy atom. The molecule has 1 aliphatic rings. The van der Waals surface area contributed by atoms with Gasteiger partial charge >= 0.3 is 0 Å². The van der Waals surface area contributed by atoms with E-state index in [4.69, 9.17) is 10.5 Å². The molecule has 1 aromatic carbocycles. The van der Waals surface area contributed by atoms with Crippen LogP contribution < -0.4 is 10.5 Å². The van der Waals surface area contributed by atoms with Crippen molar-refractivity contribution in [1.82, 2.24) is 0 Å². The van der Waals surface area contributed by atoms with E-state index < -0.39 is 0 Å². The summed E-state index contributed by atoms with van der Waals surface area (Å²) in [6.07, 6.45) is 7.68. The molecule has 1 fully saturated rings. The molecule has 1 aliphatic carbocycles. The maximum Gasteiger partial charge on any atom is 0.122 e. The van der Waals surface area contributed by atoms with Gasteiger partial charge in [0, 0.05) is 6.04 Å². The molecule has 0 amide bonds. The normalized spacial score (nSPS) is 18.9. The molecule has 0 saturated heterocycles. The molecule has 0 radical (unpaired) electrons. The molecule has 0 heterocycles. The van der Waals surface area contributed by atoms with Crippen molar-refractivity contribution in [3.8, 4) is 5.75 Å². The zero-order chi connectivity index (χ0) is 12.1. The maximum atomic E-state index is 6.13. The topological polar surface area (TPSA) is 35.2 Å². The first-order valence-electron chi connectivity index (χ1n) is 6.76. The van der Waals surface area contributed by atoms with Crippen molar-refractivity contribution in [3.63, 3.8) is 0 Å². The smallest absolute Gasteiger partial charge is 0.122 e. The zero-order valence-corrected chi connectivity index (χ0v) is 10.7. The van der Waals surface area contributed by atoms with Crippen LogP contribution in [0.1, 0.15) is 44.6 Å². The minimum atomic E-state index is 0.186. The number of para-hydroxylation sites is 1. The van der Waals surface area contributed by atoms with Crippen LogP contribution in [0.4, 0.5) is 0 Å². The molecule has 2 N–H and O–H groups in total. The lowest BCUT2D eigenvalue weighted by atomic mass is 9.97. The van der Waals surface area contributed by atoms with Gasteiger partial charge in [-0.1, -0.05) is 24.6 Å². The Bertz CT molecular complexity index is 343. The zero-order valence-electron chi connectivity index (χ0n) is 10.7. The highest BCUT2D eigenvalue weighted by molar-refractivity contribution is 5.34. The molecule has 1 atom stereocenters. The highest BCUT2D eigenvalue weighted by atomic mass is 16.5. The quantitative estimate of drug-likeness (QED) is 0.866. The molecular formula is C15H23NO. The van der Waals surface area contributed by atoms with Gasteiger partial charge in [0.05, 0.1) is 6.10 Å². The van der Waals surface area contributed by atoms with Gasteiger partial charge in [-0.25, -0.2) is 0 Å². The first kappa shape index (κ1) is 12.4. The summed E-state index contributed by atoms with van der Waals surface area (Å²) < 4.78 is 6.13. The van der Waals surface area contributed by atoms with Gasteiger partial charge in [-0.15, -0.1) is 0 Å². The molecule has 1 aromatic rings. The van der Waals surface area contributed by atoms with E-state index in [-0.39, 0.29) is 6.04 Å². The summed E-state index contributed by atoms with van der Waals surface area (Å²) >= 11 is 0. The van der Waals surface area contributed by atoms with Crippen LogP contribution in [-0.4, -0.2) is 12.1 Å². The minimum absolute atomic E-state index is 0.186. The largest absolute Gasteiger partial charge is 0.490 e. The number of hydrogen-bond donors (Lipinski definition) is 1. The highest BCUT2D eigenvalue weighted by Gasteiger charge is 2.16. The van der Waals surface area contributed by atoms with Crippen molar-refractivity contribution in [2.24, 2.45) is 5.73 Å². The fourth-order valence-electron chi connectivity index (χ4n) is 2.50. The number of nitrogens with two attached hydrogens (primary N) is 1. The Hall–Kier alpha value is -1.02. The standard InChI is InChI=1S/C15H23NO/c1-12(16)11-13-7-5-6-10-15(13)17-14-8-3-2-4-9-14/h5-7,10,12,14H,2-4,8-9,11,16H2,1H3. The third-order valence-corrected chi connectivity index (χ3v) is 3.36. The Morgan fingerprint density at radius 3 is 2.65 bits per heavy atom. The Balaban J connectivity index is 2.03. The van der Waals surface area contributed by atoms with Crippen molar-refractivity contribution in [1.29, 1.82) is 0 Å². The van der Waals surface area contributed by atoms with Crippen molar-refractivity contribution < 1.29 is 4.74 Å². The molecule has 0 aliphatic heterocycles. The summed E-state index contributed by atoms with van der Waals surface area (Å²) in [5.74, 6) is 1.04. The first-order valence-corrected chi connectivity index (χ1v) is 6.76. The monoisotopic (exact) mass is 233 g/mol. The second-order valence-electron chi connectivity index (χ2n) is 5.17. The molecule has 17 heavy (non-hydrogen) atoms. The van der Waals surface area contributed by atoms with Crippen molar-refractivity contribution in [3.05, 3.63) is 29.8 Å². The van der Waals surface area contributed by atoms with Crippen LogP contribution >= 0.6 is 0 Å². The Labute approximate surface area is 104 Å². The molecule has 1 unspecified atom stereocenters. The van der Waals surface area contributed by atoms with Gasteiger partial charge in [-0.2, -0.15) is 0 Å². The van der Waals surface area contributed by atoms with Crippen LogP contribution in [0.5, 0.6) is 5.75 Å². The number of benzene rings is 1. The Morgan fingerprint density at radius 1 is 1.24 bits per heavy atom. The molecule has 2 heteroatoms. The molecule has 2 rings (SSSR count). The lowest BCUT2D eigenvalue weighted by Crippen LogP contribution is -2.22. The van der Waals surface area contributed by atoms with Gasteiger partial charge in [0.25, 0.3) is 0 Å². The average molecular weight is 233 g/mol. The Kier molecular flexibility index (Phi) is 4.43. The summed E-state index contributed by atoms with van der Waals surface area (Å²) in [5.41, 5.74) is 7.11. The predicted molar refractivity (Wildman–Crippen MR) is 71.3 cm³/mol. The van der Waals surface area contributed by atoms with E-state index in [1.165, 1.54) is 37.7 Å². The third kappa shape index (κ3) is 3.74. The van der Waals surface area contributed by atoms with Crippen LogP contribution in [0.3, 0.4) is 0 Å². The molecule has 94 valence electrons. The van der Waals surface area contributed by atoms with Gasteiger partial charge in [0.15, 0.2) is 0 Å².